The molecule has 1 atom stereocenters. The van der Waals surface area contributed by atoms with Crippen LogP contribution in [0.15, 0.2) is 57.9 Å². The number of rotatable bonds is 5. The Balaban J connectivity index is 2.34. The summed E-state index contributed by atoms with van der Waals surface area (Å²) in [6.45, 7) is 1.91. The fraction of sp³-hybridized carbons (Fsp3) is 0.188. The fourth-order valence-electron chi connectivity index (χ4n) is 2.13. The Hall–Kier alpha value is -1.68. The average molecular weight is 379 g/mol. The highest BCUT2D eigenvalue weighted by molar-refractivity contribution is 9.10. The highest BCUT2D eigenvalue weighted by Crippen LogP contribution is 2.23. The summed E-state index contributed by atoms with van der Waals surface area (Å²) in [5.41, 5.74) is 1.02. The smallest absolute Gasteiger partial charge is 0.207 e. The summed E-state index contributed by atoms with van der Waals surface area (Å²) in [7, 11) is -3.76. The molecule has 0 spiro atoms. The van der Waals surface area contributed by atoms with Crippen LogP contribution >= 0.6 is 15.9 Å². The van der Waals surface area contributed by atoms with Gasteiger partial charge in [0.1, 0.15) is 6.07 Å². The lowest BCUT2D eigenvalue weighted by atomic mass is 10.1. The second kappa shape index (κ2) is 7.05. The van der Waals surface area contributed by atoms with E-state index in [-0.39, 0.29) is 16.5 Å². The number of benzene rings is 2. The van der Waals surface area contributed by atoms with E-state index < -0.39 is 10.0 Å². The predicted octanol–water partition coefficient (Wildman–Crippen LogP) is 3.75. The molecule has 22 heavy (non-hydrogen) atoms. The molecule has 2 rings (SSSR count). The van der Waals surface area contributed by atoms with Crippen molar-refractivity contribution in [2.24, 2.45) is 0 Å². The SMILES string of the molecule is CC[C@@H](NS(=O)(=O)c1ccccc1C#N)c1ccc(Br)cc1. The summed E-state index contributed by atoms with van der Waals surface area (Å²) in [6, 6.07) is 15.2. The first-order valence-corrected chi connectivity index (χ1v) is 9.02. The maximum absolute atomic E-state index is 12.5. The van der Waals surface area contributed by atoms with Crippen molar-refractivity contribution in [3.05, 3.63) is 64.1 Å². The Kier molecular flexibility index (Phi) is 5.35. The Bertz CT molecular complexity index is 796. The summed E-state index contributed by atoms with van der Waals surface area (Å²) >= 11 is 3.36. The molecular formula is C16H15BrN2O2S. The van der Waals surface area contributed by atoms with Crippen LogP contribution in [0.3, 0.4) is 0 Å². The molecule has 0 bridgehead atoms. The van der Waals surface area contributed by atoms with E-state index in [1.807, 2.05) is 37.3 Å². The second-order valence-electron chi connectivity index (χ2n) is 4.74. The third-order valence-electron chi connectivity index (χ3n) is 3.28. The van der Waals surface area contributed by atoms with Crippen molar-refractivity contribution in [2.45, 2.75) is 24.3 Å². The molecule has 0 aromatic heterocycles. The minimum atomic E-state index is -3.76. The molecule has 4 nitrogen and oxygen atoms in total. The van der Waals surface area contributed by atoms with Crippen LogP contribution in [-0.2, 0) is 10.0 Å². The lowest BCUT2D eigenvalue weighted by Crippen LogP contribution is -2.28. The van der Waals surface area contributed by atoms with E-state index >= 15 is 0 Å². The van der Waals surface area contributed by atoms with Crippen LogP contribution in [-0.4, -0.2) is 8.42 Å². The molecule has 0 heterocycles. The molecule has 0 saturated carbocycles. The summed E-state index contributed by atoms with van der Waals surface area (Å²) in [5.74, 6) is 0. The van der Waals surface area contributed by atoms with E-state index in [1.54, 1.807) is 12.1 Å². The first kappa shape index (κ1) is 16.7. The summed E-state index contributed by atoms with van der Waals surface area (Å²) in [6.07, 6.45) is 0.607. The summed E-state index contributed by atoms with van der Waals surface area (Å²) in [4.78, 5) is 0.00746. The Morgan fingerprint density at radius 3 is 2.41 bits per heavy atom. The van der Waals surface area contributed by atoms with Crippen molar-refractivity contribution in [3.63, 3.8) is 0 Å². The highest BCUT2D eigenvalue weighted by atomic mass is 79.9. The molecule has 0 amide bonds. The number of sulfonamides is 1. The molecule has 0 aliphatic heterocycles. The van der Waals surface area contributed by atoms with Crippen LogP contribution in [0.5, 0.6) is 0 Å². The molecule has 2 aromatic rings. The van der Waals surface area contributed by atoms with Crippen molar-refractivity contribution >= 4 is 26.0 Å². The van der Waals surface area contributed by atoms with Crippen LogP contribution in [0.4, 0.5) is 0 Å². The normalized spacial score (nSPS) is 12.6. The molecule has 0 fully saturated rings. The van der Waals surface area contributed by atoms with Gasteiger partial charge in [0.25, 0.3) is 0 Å². The van der Waals surface area contributed by atoms with E-state index in [9.17, 15) is 8.42 Å². The van der Waals surface area contributed by atoms with Gasteiger partial charge in [-0.15, -0.1) is 0 Å². The number of nitrogens with one attached hydrogen (secondary N) is 1. The fourth-order valence-corrected chi connectivity index (χ4v) is 3.86. The van der Waals surface area contributed by atoms with Gasteiger partial charge < -0.3 is 0 Å². The van der Waals surface area contributed by atoms with Gasteiger partial charge in [-0.2, -0.15) is 5.26 Å². The number of hydrogen-bond acceptors (Lipinski definition) is 3. The van der Waals surface area contributed by atoms with Crippen molar-refractivity contribution < 1.29 is 8.42 Å². The van der Waals surface area contributed by atoms with E-state index in [0.717, 1.165) is 10.0 Å². The summed E-state index contributed by atoms with van der Waals surface area (Å²) < 4.78 is 28.7. The van der Waals surface area contributed by atoms with E-state index in [2.05, 4.69) is 20.7 Å². The largest absolute Gasteiger partial charge is 0.242 e. The average Bonchev–Trinajstić information content (AvgIpc) is 2.53. The van der Waals surface area contributed by atoms with Gasteiger partial charge in [0.05, 0.1) is 10.5 Å². The Morgan fingerprint density at radius 2 is 1.82 bits per heavy atom. The maximum atomic E-state index is 12.5. The van der Waals surface area contributed by atoms with E-state index in [4.69, 9.17) is 5.26 Å². The first-order valence-electron chi connectivity index (χ1n) is 6.75. The van der Waals surface area contributed by atoms with Gasteiger partial charge in [-0.05, 0) is 36.2 Å². The molecule has 1 N–H and O–H groups in total. The van der Waals surface area contributed by atoms with Crippen molar-refractivity contribution in [1.29, 1.82) is 5.26 Å². The molecule has 2 aromatic carbocycles. The number of nitrogens with zero attached hydrogens (tertiary/aromatic N) is 1. The van der Waals surface area contributed by atoms with Crippen molar-refractivity contribution in [3.8, 4) is 6.07 Å². The highest BCUT2D eigenvalue weighted by Gasteiger charge is 2.22. The number of halogens is 1. The molecule has 6 heteroatoms. The van der Waals surface area contributed by atoms with Gasteiger partial charge in [-0.3, -0.25) is 0 Å². The van der Waals surface area contributed by atoms with E-state index in [0.29, 0.717) is 6.42 Å². The van der Waals surface area contributed by atoms with Crippen LogP contribution in [0.1, 0.15) is 30.5 Å². The van der Waals surface area contributed by atoms with Crippen LogP contribution in [0, 0.1) is 11.3 Å². The zero-order valence-corrected chi connectivity index (χ0v) is 14.4. The van der Waals surface area contributed by atoms with Crippen molar-refractivity contribution in [1.82, 2.24) is 4.72 Å². The molecule has 0 radical (unpaired) electrons. The van der Waals surface area contributed by atoms with Crippen LogP contribution in [0.25, 0.3) is 0 Å². The minimum Gasteiger partial charge on any atom is -0.207 e. The zero-order chi connectivity index (χ0) is 16.2. The van der Waals surface area contributed by atoms with Crippen LogP contribution < -0.4 is 4.72 Å². The molecule has 0 aliphatic rings. The summed E-state index contributed by atoms with van der Waals surface area (Å²) in [5, 5.41) is 9.07. The topological polar surface area (TPSA) is 70.0 Å². The predicted molar refractivity (Wildman–Crippen MR) is 88.7 cm³/mol. The van der Waals surface area contributed by atoms with Gasteiger partial charge in [0, 0.05) is 10.5 Å². The molecule has 0 aliphatic carbocycles. The quantitative estimate of drug-likeness (QED) is 0.860. The standard InChI is InChI=1S/C16H15BrN2O2S/c1-2-15(12-7-9-14(17)10-8-12)19-22(20,21)16-6-4-3-5-13(16)11-18/h3-10,15,19H,2H2,1H3/t15-/m1/s1. The monoisotopic (exact) mass is 378 g/mol. The zero-order valence-electron chi connectivity index (χ0n) is 12.0. The molecular weight excluding hydrogens is 364 g/mol. The van der Waals surface area contributed by atoms with E-state index in [1.165, 1.54) is 12.1 Å². The Morgan fingerprint density at radius 1 is 1.18 bits per heavy atom. The molecule has 0 saturated heterocycles. The molecule has 114 valence electrons. The first-order chi connectivity index (χ1) is 10.5. The Labute approximate surface area is 139 Å². The lowest BCUT2D eigenvalue weighted by molar-refractivity contribution is 0.550. The van der Waals surface area contributed by atoms with Gasteiger partial charge >= 0.3 is 0 Å². The van der Waals surface area contributed by atoms with Gasteiger partial charge in [-0.25, -0.2) is 13.1 Å². The number of hydrogen-bond donors (Lipinski definition) is 1. The van der Waals surface area contributed by atoms with Gasteiger partial charge in [-0.1, -0.05) is 47.1 Å². The van der Waals surface area contributed by atoms with Gasteiger partial charge in [0.15, 0.2) is 0 Å². The lowest BCUT2D eigenvalue weighted by Gasteiger charge is -2.18. The third kappa shape index (κ3) is 3.74. The molecule has 0 unspecified atom stereocenters. The van der Waals surface area contributed by atoms with Crippen LogP contribution in [0.2, 0.25) is 0 Å². The maximum Gasteiger partial charge on any atom is 0.242 e. The third-order valence-corrected chi connectivity index (χ3v) is 5.33. The number of nitriles is 1. The second-order valence-corrected chi connectivity index (χ2v) is 7.34. The van der Waals surface area contributed by atoms with Crippen molar-refractivity contribution in [2.75, 3.05) is 0 Å². The minimum absolute atomic E-state index is 0.00746. The van der Waals surface area contributed by atoms with Gasteiger partial charge in [0.2, 0.25) is 10.0 Å².